The minimum atomic E-state index is -0.373. The number of carbonyl (C=O) groups is 2. The van der Waals surface area contributed by atoms with Gasteiger partial charge in [0.2, 0.25) is 5.91 Å². The molecule has 35 heavy (non-hydrogen) atoms. The number of amides is 2. The van der Waals surface area contributed by atoms with Gasteiger partial charge in [-0.2, -0.15) is 0 Å². The van der Waals surface area contributed by atoms with Gasteiger partial charge in [0.05, 0.1) is 22.7 Å². The Kier molecular flexibility index (Phi) is 8.13. The molecule has 4 rings (SSSR count). The van der Waals surface area contributed by atoms with Crippen molar-refractivity contribution in [3.05, 3.63) is 76.2 Å². The topological polar surface area (TPSA) is 85.1 Å². The van der Waals surface area contributed by atoms with Crippen LogP contribution in [0.2, 0.25) is 0 Å². The molecular formula is C27H32N4O3S. The van der Waals surface area contributed by atoms with Crippen LogP contribution in [0.1, 0.15) is 48.2 Å². The number of hydrogen-bond donors (Lipinski definition) is 2. The van der Waals surface area contributed by atoms with Crippen LogP contribution in [0.4, 0.5) is 5.69 Å². The Bertz CT molecular complexity index is 1240. The summed E-state index contributed by atoms with van der Waals surface area (Å²) in [5.41, 5.74) is 1.76. The zero-order chi connectivity index (χ0) is 24.8. The lowest BCUT2D eigenvalue weighted by molar-refractivity contribution is -0.118. The molecule has 2 N–H and O–H groups in total. The van der Waals surface area contributed by atoms with Gasteiger partial charge in [-0.05, 0) is 49.9 Å². The van der Waals surface area contributed by atoms with E-state index in [9.17, 15) is 14.4 Å². The maximum atomic E-state index is 13.2. The lowest BCUT2D eigenvalue weighted by Gasteiger charge is -2.21. The Hall–Kier alpha value is -3.26. The lowest BCUT2D eigenvalue weighted by Crippen LogP contribution is -2.31. The van der Waals surface area contributed by atoms with E-state index in [1.54, 1.807) is 30.8 Å². The summed E-state index contributed by atoms with van der Waals surface area (Å²) in [5, 5.41) is 5.86. The van der Waals surface area contributed by atoms with E-state index in [1.165, 1.54) is 48.5 Å². The van der Waals surface area contributed by atoms with Crippen LogP contribution in [0.5, 0.6) is 0 Å². The van der Waals surface area contributed by atoms with Crippen LogP contribution < -0.4 is 16.2 Å². The Balaban J connectivity index is 1.44. The second-order valence-electron chi connectivity index (χ2n) is 8.98. The summed E-state index contributed by atoms with van der Waals surface area (Å²) in [7, 11) is 1.79. The van der Waals surface area contributed by atoms with E-state index in [2.05, 4.69) is 10.6 Å². The van der Waals surface area contributed by atoms with Gasteiger partial charge in [0.1, 0.15) is 5.69 Å². The Morgan fingerprint density at radius 1 is 1.00 bits per heavy atom. The smallest absolute Gasteiger partial charge is 0.295 e. The molecule has 0 bridgehead atoms. The maximum absolute atomic E-state index is 13.2. The van der Waals surface area contributed by atoms with Crippen molar-refractivity contribution in [1.29, 1.82) is 0 Å². The van der Waals surface area contributed by atoms with Crippen molar-refractivity contribution < 1.29 is 9.59 Å². The van der Waals surface area contributed by atoms with Crippen molar-refractivity contribution in [1.82, 2.24) is 14.7 Å². The molecule has 1 aromatic heterocycles. The van der Waals surface area contributed by atoms with Crippen molar-refractivity contribution in [2.45, 2.75) is 43.9 Å². The van der Waals surface area contributed by atoms with Crippen LogP contribution in [-0.2, 0) is 11.8 Å². The van der Waals surface area contributed by atoms with Crippen molar-refractivity contribution >= 4 is 29.3 Å². The lowest BCUT2D eigenvalue weighted by atomic mass is 9.89. The van der Waals surface area contributed by atoms with Gasteiger partial charge in [0, 0.05) is 18.5 Å². The van der Waals surface area contributed by atoms with Crippen LogP contribution in [0, 0.1) is 12.8 Å². The van der Waals surface area contributed by atoms with Crippen LogP contribution in [-0.4, -0.2) is 33.5 Å². The average Bonchev–Trinajstić information content (AvgIpc) is 3.10. The molecule has 3 aromatic rings. The normalized spacial score (nSPS) is 14.0. The summed E-state index contributed by atoms with van der Waals surface area (Å²) < 4.78 is 3.26. The first-order valence-electron chi connectivity index (χ1n) is 12.1. The largest absolute Gasteiger partial charge is 0.355 e. The first-order chi connectivity index (χ1) is 17.0. The van der Waals surface area contributed by atoms with Gasteiger partial charge in [-0.3, -0.25) is 19.1 Å². The van der Waals surface area contributed by atoms with E-state index >= 15 is 0 Å². The number of rotatable bonds is 8. The summed E-state index contributed by atoms with van der Waals surface area (Å²) in [6, 6.07) is 16.5. The number of aromatic nitrogens is 2. The Morgan fingerprint density at radius 3 is 2.43 bits per heavy atom. The highest BCUT2D eigenvalue weighted by atomic mass is 32.2. The molecule has 0 radical (unpaired) electrons. The molecule has 7 nitrogen and oxygen atoms in total. The van der Waals surface area contributed by atoms with Crippen LogP contribution >= 0.6 is 11.8 Å². The first-order valence-corrected chi connectivity index (χ1v) is 13.1. The summed E-state index contributed by atoms with van der Waals surface area (Å²) in [4.78, 5) is 39.5. The highest BCUT2D eigenvalue weighted by molar-refractivity contribution is 8.00. The van der Waals surface area contributed by atoms with Crippen molar-refractivity contribution in [3.8, 4) is 5.69 Å². The fourth-order valence-electron chi connectivity index (χ4n) is 4.52. The van der Waals surface area contributed by atoms with E-state index in [4.69, 9.17) is 0 Å². The molecule has 0 spiro atoms. The van der Waals surface area contributed by atoms with E-state index in [0.717, 1.165) is 12.2 Å². The number of nitrogens with one attached hydrogen (secondary N) is 2. The van der Waals surface area contributed by atoms with Gasteiger partial charge in [0.15, 0.2) is 0 Å². The van der Waals surface area contributed by atoms with Crippen molar-refractivity contribution in [2.75, 3.05) is 17.6 Å². The average molecular weight is 493 g/mol. The number of carbonyl (C=O) groups excluding carboxylic acids is 2. The molecule has 2 aromatic carbocycles. The number of para-hydroxylation sites is 1. The number of benzene rings is 2. The number of anilines is 1. The third kappa shape index (κ3) is 5.88. The molecule has 0 saturated heterocycles. The number of nitrogens with zero attached hydrogens (tertiary/aromatic N) is 2. The maximum Gasteiger partial charge on any atom is 0.295 e. The first kappa shape index (κ1) is 24.9. The van der Waals surface area contributed by atoms with E-state index in [-0.39, 0.29) is 28.8 Å². The summed E-state index contributed by atoms with van der Waals surface area (Å²) in [5.74, 6) is 0.411. The van der Waals surface area contributed by atoms with Crippen LogP contribution in [0.15, 0.2) is 64.3 Å². The minimum absolute atomic E-state index is 0.0274. The zero-order valence-electron chi connectivity index (χ0n) is 20.3. The molecule has 1 aliphatic rings. The van der Waals surface area contributed by atoms with E-state index < -0.39 is 0 Å². The quantitative estimate of drug-likeness (QED) is 0.453. The summed E-state index contributed by atoms with van der Waals surface area (Å²) in [6.07, 6.45) is 6.15. The fourth-order valence-corrected chi connectivity index (χ4v) is 5.40. The van der Waals surface area contributed by atoms with Gasteiger partial charge in [-0.1, -0.05) is 49.6 Å². The fraction of sp³-hybridized carbons (Fsp3) is 0.370. The van der Waals surface area contributed by atoms with Crippen LogP contribution in [0.25, 0.3) is 5.69 Å². The van der Waals surface area contributed by atoms with Gasteiger partial charge in [-0.15, -0.1) is 11.8 Å². The predicted octanol–water partition coefficient (Wildman–Crippen LogP) is 4.53. The third-order valence-electron chi connectivity index (χ3n) is 6.60. The zero-order valence-corrected chi connectivity index (χ0v) is 21.1. The molecule has 0 unspecified atom stereocenters. The molecule has 8 heteroatoms. The minimum Gasteiger partial charge on any atom is -0.355 e. The third-order valence-corrected chi connectivity index (χ3v) is 7.67. The predicted molar refractivity (Wildman–Crippen MR) is 140 cm³/mol. The van der Waals surface area contributed by atoms with Gasteiger partial charge in [0.25, 0.3) is 11.5 Å². The highest BCUT2D eigenvalue weighted by Crippen LogP contribution is 2.25. The van der Waals surface area contributed by atoms with Crippen molar-refractivity contribution in [3.63, 3.8) is 0 Å². The van der Waals surface area contributed by atoms with Gasteiger partial charge >= 0.3 is 0 Å². The molecular weight excluding hydrogens is 460 g/mol. The molecule has 1 aliphatic carbocycles. The van der Waals surface area contributed by atoms with Gasteiger partial charge in [-0.25, -0.2) is 4.68 Å². The summed E-state index contributed by atoms with van der Waals surface area (Å²) in [6.45, 7) is 2.52. The molecule has 0 aliphatic heterocycles. The SMILES string of the molecule is Cc1c(NC(=O)c2ccccc2SCC(=O)NCC2CCCCC2)c(=O)n(-c2ccccc2)n1C. The molecule has 0 atom stereocenters. The molecule has 1 heterocycles. The van der Waals surface area contributed by atoms with E-state index in [0.29, 0.717) is 22.1 Å². The van der Waals surface area contributed by atoms with Crippen molar-refractivity contribution in [2.24, 2.45) is 13.0 Å². The Morgan fingerprint density at radius 2 is 1.69 bits per heavy atom. The number of hydrogen-bond acceptors (Lipinski definition) is 4. The standard InChI is InChI=1S/C27H32N4O3S/c1-19-25(27(34)31(30(19)2)21-13-7-4-8-14-21)29-26(33)22-15-9-10-16-23(22)35-18-24(32)28-17-20-11-5-3-6-12-20/h4,7-10,13-16,20H,3,5-6,11-12,17-18H2,1-2H3,(H,28,32)(H,29,33). The monoisotopic (exact) mass is 492 g/mol. The molecule has 2 amide bonds. The second-order valence-corrected chi connectivity index (χ2v) is 10.0. The molecule has 184 valence electrons. The summed E-state index contributed by atoms with van der Waals surface area (Å²) >= 11 is 1.33. The van der Waals surface area contributed by atoms with Crippen LogP contribution in [0.3, 0.4) is 0 Å². The Labute approximate surface area is 209 Å². The molecule has 1 saturated carbocycles. The molecule has 1 fully saturated rings. The number of thioether (sulfide) groups is 1. The van der Waals surface area contributed by atoms with E-state index in [1.807, 2.05) is 42.5 Å². The van der Waals surface area contributed by atoms with Gasteiger partial charge < -0.3 is 10.6 Å². The second kappa shape index (κ2) is 11.4. The highest BCUT2D eigenvalue weighted by Gasteiger charge is 2.21.